The van der Waals surface area contributed by atoms with Crippen molar-refractivity contribution in [1.82, 2.24) is 0 Å². The highest BCUT2D eigenvalue weighted by Gasteiger charge is 2.07. The molecule has 0 bridgehead atoms. The Morgan fingerprint density at radius 3 is 2.31 bits per heavy atom. The Morgan fingerprint density at radius 1 is 1.38 bits per heavy atom. The van der Waals surface area contributed by atoms with E-state index in [1.54, 1.807) is 0 Å². The number of nitrogens with two attached hydrogens (primary N) is 1. The molecule has 0 unspecified atom stereocenters. The fraction of sp³-hybridized carbons (Fsp3) is 0.889. The van der Waals surface area contributed by atoms with Gasteiger partial charge in [0.05, 0.1) is 33.7 Å². The molecule has 0 saturated heterocycles. The van der Waals surface area contributed by atoms with E-state index in [-0.39, 0.29) is 0 Å². The number of nitrogens with zero attached hydrogens (tertiary/aromatic N) is 1. The minimum atomic E-state index is -1.15. The third kappa shape index (κ3) is 7.74. The number of hydrogen-bond acceptors (Lipinski definition) is 3. The Kier molecular flexibility index (Phi) is 4.95. The average molecular weight is 188 g/mol. The third-order valence-corrected chi connectivity index (χ3v) is 1.90. The maximum atomic E-state index is 10.3. The van der Waals surface area contributed by atoms with Gasteiger partial charge in [0.25, 0.3) is 0 Å². The van der Waals surface area contributed by atoms with E-state index in [1.807, 2.05) is 0 Å². The molecule has 0 aromatic heterocycles. The minimum absolute atomic E-state index is 0.516. The maximum absolute atomic E-state index is 10.3. The van der Waals surface area contributed by atoms with Crippen molar-refractivity contribution in [3.8, 4) is 0 Å². The molecule has 0 fully saturated rings. The van der Waals surface area contributed by atoms with Gasteiger partial charge in [0.15, 0.2) is 0 Å². The molecule has 4 nitrogen and oxygen atoms in total. The zero-order valence-electron chi connectivity index (χ0n) is 8.75. The Morgan fingerprint density at radius 2 is 1.92 bits per heavy atom. The number of carboxylic acids is 1. The van der Waals surface area contributed by atoms with Crippen LogP contribution in [0, 0.1) is 0 Å². The summed E-state index contributed by atoms with van der Waals surface area (Å²) in [6.45, 7) is 1.04. The Labute approximate surface area is 79.9 Å². The lowest BCUT2D eigenvalue weighted by Gasteiger charge is -2.24. The van der Waals surface area contributed by atoms with E-state index >= 15 is 0 Å². The third-order valence-electron chi connectivity index (χ3n) is 1.90. The molecule has 0 spiro atoms. The molecular weight excluding hydrogens is 168 g/mol. The van der Waals surface area contributed by atoms with Crippen LogP contribution in [-0.4, -0.2) is 44.2 Å². The molecular formula is C9H20N2O2. The van der Waals surface area contributed by atoms with Crippen LogP contribution in [0.1, 0.15) is 19.3 Å². The summed E-state index contributed by atoms with van der Waals surface area (Å²) in [5.74, 6) is -1.15. The van der Waals surface area contributed by atoms with E-state index in [1.165, 1.54) is 0 Å². The number of carbonyl (C=O) groups is 1. The number of carboxylic acid groups (broad SMARTS) is 1. The predicted octanol–water partition coefficient (Wildman–Crippen LogP) is -1.06. The smallest absolute Gasteiger partial charge is 0.0780 e. The summed E-state index contributed by atoms with van der Waals surface area (Å²) in [4.78, 5) is 10.3. The first-order valence-electron chi connectivity index (χ1n) is 4.60. The Hall–Kier alpha value is -0.610. The molecule has 0 aliphatic heterocycles. The highest BCUT2D eigenvalue weighted by atomic mass is 16.4. The van der Waals surface area contributed by atoms with E-state index in [0.717, 1.165) is 23.9 Å². The molecule has 4 heteroatoms. The molecule has 2 N–H and O–H groups in total. The fourth-order valence-corrected chi connectivity index (χ4v) is 1.07. The Bertz CT molecular complexity index is 163. The number of quaternary nitrogens is 1. The van der Waals surface area contributed by atoms with Crippen molar-refractivity contribution in [2.45, 2.75) is 25.3 Å². The first-order valence-corrected chi connectivity index (χ1v) is 4.60. The average Bonchev–Trinajstić information content (AvgIpc) is 1.95. The molecule has 78 valence electrons. The van der Waals surface area contributed by atoms with Gasteiger partial charge in [-0.3, -0.25) is 0 Å². The molecule has 0 radical (unpaired) electrons. The molecule has 13 heavy (non-hydrogen) atoms. The lowest BCUT2D eigenvalue weighted by molar-refractivity contribution is -0.870. The number of unbranched alkanes of at least 4 members (excludes halogenated alkanes) is 1. The van der Waals surface area contributed by atoms with Gasteiger partial charge in [0.2, 0.25) is 0 Å². The SMILES string of the molecule is C[N+](C)(C)CCCC[C@H](N)C(=O)[O-]. The van der Waals surface area contributed by atoms with Crippen LogP contribution < -0.4 is 10.8 Å². The number of hydrogen-bond donors (Lipinski definition) is 1. The van der Waals surface area contributed by atoms with Crippen LogP contribution in [0.3, 0.4) is 0 Å². The molecule has 0 amide bonds. The van der Waals surface area contributed by atoms with Crippen molar-refractivity contribution in [3.63, 3.8) is 0 Å². The van der Waals surface area contributed by atoms with Crippen LogP contribution in [-0.2, 0) is 4.79 Å². The Balaban J connectivity index is 3.41. The van der Waals surface area contributed by atoms with Crippen molar-refractivity contribution in [2.75, 3.05) is 27.7 Å². The van der Waals surface area contributed by atoms with Crippen LogP contribution in [0.4, 0.5) is 0 Å². The molecule has 0 aliphatic rings. The van der Waals surface area contributed by atoms with Crippen molar-refractivity contribution < 1.29 is 14.4 Å². The summed E-state index contributed by atoms with van der Waals surface area (Å²) in [5, 5.41) is 10.3. The van der Waals surface area contributed by atoms with Crippen LogP contribution in [0.2, 0.25) is 0 Å². The highest BCUT2D eigenvalue weighted by molar-refractivity contribution is 5.70. The minimum Gasteiger partial charge on any atom is -0.548 e. The zero-order valence-corrected chi connectivity index (χ0v) is 8.75. The van der Waals surface area contributed by atoms with Gasteiger partial charge in [0, 0.05) is 6.04 Å². The summed E-state index contributed by atoms with van der Waals surface area (Å²) in [6, 6.07) is -0.799. The van der Waals surface area contributed by atoms with E-state index < -0.39 is 12.0 Å². The quantitative estimate of drug-likeness (QED) is 0.427. The molecule has 0 saturated carbocycles. The first-order chi connectivity index (χ1) is 5.83. The van der Waals surface area contributed by atoms with E-state index in [2.05, 4.69) is 21.1 Å². The normalized spacial score (nSPS) is 14.2. The molecule has 1 atom stereocenters. The number of carbonyl (C=O) groups excluding carboxylic acids is 1. The fourth-order valence-electron chi connectivity index (χ4n) is 1.07. The second kappa shape index (κ2) is 5.19. The first kappa shape index (κ1) is 12.4. The number of aliphatic carboxylic acids is 1. The molecule has 0 aliphatic carbocycles. The van der Waals surface area contributed by atoms with Crippen molar-refractivity contribution >= 4 is 5.97 Å². The van der Waals surface area contributed by atoms with Gasteiger partial charge in [-0.15, -0.1) is 0 Å². The second-order valence-corrected chi connectivity index (χ2v) is 4.44. The molecule has 0 rings (SSSR count). The van der Waals surface area contributed by atoms with E-state index in [9.17, 15) is 9.90 Å². The summed E-state index contributed by atoms with van der Waals surface area (Å²) in [7, 11) is 6.33. The van der Waals surface area contributed by atoms with Gasteiger partial charge >= 0.3 is 0 Å². The maximum Gasteiger partial charge on any atom is 0.0780 e. The van der Waals surface area contributed by atoms with Crippen LogP contribution in [0.25, 0.3) is 0 Å². The van der Waals surface area contributed by atoms with Crippen molar-refractivity contribution in [1.29, 1.82) is 0 Å². The van der Waals surface area contributed by atoms with Crippen LogP contribution >= 0.6 is 0 Å². The van der Waals surface area contributed by atoms with Crippen LogP contribution in [0.5, 0.6) is 0 Å². The predicted molar refractivity (Wildman–Crippen MR) is 49.7 cm³/mol. The standard InChI is InChI=1S/C9H20N2O2/c1-11(2,3)7-5-4-6-8(10)9(12)13/h8H,4-7,10H2,1-3H3/t8-/m0/s1. The molecule has 0 aromatic rings. The van der Waals surface area contributed by atoms with Gasteiger partial charge < -0.3 is 20.1 Å². The van der Waals surface area contributed by atoms with Gasteiger partial charge in [-0.2, -0.15) is 0 Å². The molecule has 0 aromatic carbocycles. The second-order valence-electron chi connectivity index (χ2n) is 4.44. The van der Waals surface area contributed by atoms with E-state index in [4.69, 9.17) is 5.73 Å². The van der Waals surface area contributed by atoms with Crippen molar-refractivity contribution in [2.24, 2.45) is 5.73 Å². The van der Waals surface area contributed by atoms with Gasteiger partial charge in [-0.05, 0) is 19.3 Å². The van der Waals surface area contributed by atoms with Crippen molar-refractivity contribution in [3.05, 3.63) is 0 Å². The zero-order chi connectivity index (χ0) is 10.5. The largest absolute Gasteiger partial charge is 0.548 e. The van der Waals surface area contributed by atoms with Gasteiger partial charge in [0.1, 0.15) is 0 Å². The molecule has 0 heterocycles. The summed E-state index contributed by atoms with van der Waals surface area (Å²) >= 11 is 0. The van der Waals surface area contributed by atoms with Gasteiger partial charge in [-0.1, -0.05) is 0 Å². The van der Waals surface area contributed by atoms with E-state index in [0.29, 0.717) is 6.42 Å². The lowest BCUT2D eigenvalue weighted by Crippen LogP contribution is -2.42. The lowest BCUT2D eigenvalue weighted by atomic mass is 10.1. The summed E-state index contributed by atoms with van der Waals surface area (Å²) < 4.78 is 0.903. The van der Waals surface area contributed by atoms with Gasteiger partial charge in [-0.25, -0.2) is 0 Å². The summed E-state index contributed by atoms with van der Waals surface area (Å²) in [6.07, 6.45) is 2.37. The number of rotatable bonds is 6. The van der Waals surface area contributed by atoms with Crippen LogP contribution in [0.15, 0.2) is 0 Å². The summed E-state index contributed by atoms with van der Waals surface area (Å²) in [5.41, 5.74) is 5.30. The highest BCUT2D eigenvalue weighted by Crippen LogP contribution is 2.02. The topological polar surface area (TPSA) is 66.2 Å². The monoisotopic (exact) mass is 188 g/mol.